The minimum atomic E-state index is -5.18. The molecule has 5 amide bonds. The van der Waals surface area contributed by atoms with Crippen LogP contribution < -0.4 is 21.3 Å². The SMILES string of the molecule is CC(=O)NC1C(O)OC(COS(=O)(=O)O)C(OC2OC(CO)C(OC3OC(CO)C(OC4OC(CO)C(OC5OC(CO)C(O)C(O)C5N(C)C(C)=O)C(O)C4NC(C)=O)C(O)C3NC(C)=O)C(O)C2NC(C)=O)C1O. The molecule has 0 spiro atoms. The van der Waals surface area contributed by atoms with E-state index in [0.717, 1.165) is 39.5 Å². The Bertz CT molecular complexity index is 2090. The van der Waals surface area contributed by atoms with Crippen molar-refractivity contribution in [3.8, 4) is 0 Å². The molecule has 0 aromatic carbocycles. The molecule has 5 heterocycles. The van der Waals surface area contributed by atoms with Crippen molar-refractivity contribution in [1.29, 1.82) is 0 Å². The molecule has 5 saturated heterocycles. The van der Waals surface area contributed by atoms with Crippen molar-refractivity contribution < 1.29 is 140 Å². The zero-order valence-corrected chi connectivity index (χ0v) is 42.4. The Morgan fingerprint density at radius 2 is 0.776 bits per heavy atom. The number of nitrogens with one attached hydrogen (secondary N) is 4. The van der Waals surface area contributed by atoms with Gasteiger partial charge in [-0.2, -0.15) is 8.42 Å². The maximum atomic E-state index is 12.7. The molecule has 25 atom stereocenters. The number of carbonyl (C=O) groups is 5. The summed E-state index contributed by atoms with van der Waals surface area (Å²) in [6.07, 6.45) is -37.0. The quantitative estimate of drug-likeness (QED) is 0.0503. The molecular weight excluding hydrogens is 1060 g/mol. The predicted molar refractivity (Wildman–Crippen MR) is 240 cm³/mol. The van der Waals surface area contributed by atoms with Crippen LogP contribution in [-0.2, 0) is 81.2 Å². The molecule has 34 nitrogen and oxygen atoms in total. The maximum Gasteiger partial charge on any atom is 0.397 e. The van der Waals surface area contributed by atoms with Crippen molar-refractivity contribution >= 4 is 39.9 Å². The van der Waals surface area contributed by atoms with E-state index in [2.05, 4.69) is 25.5 Å². The van der Waals surface area contributed by atoms with Gasteiger partial charge in [-0.25, -0.2) is 4.18 Å². The average molecular weight is 1130 g/mol. The lowest BCUT2D eigenvalue weighted by Gasteiger charge is -2.51. The largest absolute Gasteiger partial charge is 0.397 e. The summed E-state index contributed by atoms with van der Waals surface area (Å²) in [6.45, 7) is 0.0861. The lowest BCUT2D eigenvalue weighted by molar-refractivity contribution is -0.368. The van der Waals surface area contributed by atoms with Gasteiger partial charge in [0.25, 0.3) is 0 Å². The Morgan fingerprint density at radius 3 is 1.11 bits per heavy atom. The summed E-state index contributed by atoms with van der Waals surface area (Å²) in [7, 11) is -3.95. The first-order chi connectivity index (χ1) is 35.6. The van der Waals surface area contributed by atoms with E-state index in [1.54, 1.807) is 0 Å². The van der Waals surface area contributed by atoms with Gasteiger partial charge in [-0.1, -0.05) is 0 Å². The van der Waals surface area contributed by atoms with Crippen molar-refractivity contribution in [2.24, 2.45) is 0 Å². The fourth-order valence-corrected chi connectivity index (χ4v) is 9.73. The molecule has 0 radical (unpaired) electrons. The number of hydrogen-bond donors (Lipinski definition) is 16. The lowest BCUT2D eigenvalue weighted by atomic mass is 9.93. The minimum Gasteiger partial charge on any atom is -0.394 e. The van der Waals surface area contributed by atoms with E-state index in [9.17, 15) is 93.1 Å². The van der Waals surface area contributed by atoms with Gasteiger partial charge >= 0.3 is 10.4 Å². The van der Waals surface area contributed by atoms with Crippen LogP contribution in [0.25, 0.3) is 0 Å². The first-order valence-corrected chi connectivity index (χ1v) is 25.0. The Morgan fingerprint density at radius 1 is 0.461 bits per heavy atom. The highest BCUT2D eigenvalue weighted by atomic mass is 32.3. The van der Waals surface area contributed by atoms with Crippen LogP contribution in [0.2, 0.25) is 0 Å². The topological polar surface area (TPSA) is 506 Å². The van der Waals surface area contributed by atoms with Crippen LogP contribution in [0.4, 0.5) is 0 Å². The molecule has 0 bridgehead atoms. The van der Waals surface area contributed by atoms with Crippen LogP contribution in [0, 0.1) is 0 Å². The average Bonchev–Trinajstić information content (AvgIpc) is 3.33. The Kier molecular flexibility index (Phi) is 22.5. The molecule has 5 aliphatic rings. The molecule has 0 aromatic heterocycles. The molecule has 5 rings (SSSR count). The van der Waals surface area contributed by atoms with Gasteiger partial charge in [0, 0.05) is 41.7 Å². The van der Waals surface area contributed by atoms with Crippen LogP contribution in [0.3, 0.4) is 0 Å². The van der Waals surface area contributed by atoms with E-state index >= 15 is 0 Å². The number of rotatable bonds is 20. The van der Waals surface area contributed by atoms with Crippen LogP contribution in [0.1, 0.15) is 34.6 Å². The number of aliphatic hydroxyl groups is 11. The second-order valence-corrected chi connectivity index (χ2v) is 19.6. The summed E-state index contributed by atoms with van der Waals surface area (Å²) in [5, 5.41) is 130. The van der Waals surface area contributed by atoms with Gasteiger partial charge in [0.2, 0.25) is 29.5 Å². The molecule has 25 unspecified atom stereocenters. The number of ether oxygens (including phenoxy) is 9. The van der Waals surface area contributed by atoms with Crippen molar-refractivity contribution in [1.82, 2.24) is 26.2 Å². The molecule has 0 aliphatic carbocycles. The lowest BCUT2D eigenvalue weighted by Crippen LogP contribution is -2.72. The highest BCUT2D eigenvalue weighted by Crippen LogP contribution is 2.36. The number of hydrogen-bond acceptors (Lipinski definition) is 28. The highest BCUT2D eigenvalue weighted by molar-refractivity contribution is 7.80. The fourth-order valence-electron chi connectivity index (χ4n) is 9.42. The molecule has 76 heavy (non-hydrogen) atoms. The highest BCUT2D eigenvalue weighted by Gasteiger charge is 2.58. The summed E-state index contributed by atoms with van der Waals surface area (Å²) in [6, 6.07) is -8.45. The summed E-state index contributed by atoms with van der Waals surface area (Å²) >= 11 is 0. The maximum absolute atomic E-state index is 12.7. The summed E-state index contributed by atoms with van der Waals surface area (Å²) < 4.78 is 89.7. The zero-order valence-electron chi connectivity index (χ0n) is 41.6. The van der Waals surface area contributed by atoms with E-state index in [0.29, 0.717) is 0 Å². The van der Waals surface area contributed by atoms with E-state index in [-0.39, 0.29) is 0 Å². The first kappa shape index (κ1) is 63.3. The van der Waals surface area contributed by atoms with Crippen LogP contribution >= 0.6 is 0 Å². The van der Waals surface area contributed by atoms with Gasteiger partial charge in [0.15, 0.2) is 31.5 Å². The van der Waals surface area contributed by atoms with Gasteiger partial charge in [-0.15, -0.1) is 0 Å². The second-order valence-electron chi connectivity index (χ2n) is 18.6. The van der Waals surface area contributed by atoms with Crippen LogP contribution in [-0.4, -0.2) is 297 Å². The number of nitrogens with zero attached hydrogens (tertiary/aromatic N) is 1. The van der Waals surface area contributed by atoms with Gasteiger partial charge in [-0.05, 0) is 0 Å². The molecule has 16 N–H and O–H groups in total. The molecule has 438 valence electrons. The van der Waals surface area contributed by atoms with Gasteiger partial charge in [-0.3, -0.25) is 28.5 Å². The number of carbonyl (C=O) groups excluding carboxylic acids is 5. The Balaban J connectivity index is 1.42. The minimum absolute atomic E-state index is 0.639. The van der Waals surface area contributed by atoms with Crippen molar-refractivity contribution in [3.63, 3.8) is 0 Å². The number of amides is 5. The third-order valence-corrected chi connectivity index (χ3v) is 13.5. The Labute approximate surface area is 433 Å². The van der Waals surface area contributed by atoms with Crippen LogP contribution in [0.15, 0.2) is 0 Å². The monoisotopic (exact) mass is 1130 g/mol. The second kappa shape index (κ2) is 27.1. The van der Waals surface area contributed by atoms with Gasteiger partial charge in [0.1, 0.15) is 122 Å². The number of aliphatic hydroxyl groups excluding tert-OH is 11. The summed E-state index contributed by atoms with van der Waals surface area (Å²) in [4.78, 5) is 63.3. The fraction of sp³-hybridized carbons (Fsp3) is 0.878. The molecule has 5 aliphatic heterocycles. The predicted octanol–water partition coefficient (Wildman–Crippen LogP) is -11.0. The van der Waals surface area contributed by atoms with Crippen LogP contribution in [0.5, 0.6) is 0 Å². The molecule has 0 saturated carbocycles. The summed E-state index contributed by atoms with van der Waals surface area (Å²) in [5.74, 6) is -3.96. The molecule has 0 aromatic rings. The normalized spacial score (nSPS) is 42.1. The molecule has 5 fully saturated rings. The van der Waals surface area contributed by atoms with Gasteiger partial charge in [0.05, 0.1) is 33.0 Å². The number of likely N-dealkylation sites (N-methyl/N-ethyl adjacent to an activating group) is 1. The third kappa shape index (κ3) is 15.0. The van der Waals surface area contributed by atoms with E-state index in [4.69, 9.17) is 42.6 Å². The zero-order chi connectivity index (χ0) is 56.8. The standard InChI is InChI=1S/C41H69N5O29S/c1-12(51)42-22-28(57)36(21(67-37(22)62)11-66-76(63,64)65)74-40-24(44-14(3)53)30(59)34(19(9-49)70-40)72-38-23(43-13(2)52)29(58)33(18(8-48)69-38)73-39-25(45-15(4)54)31(60)35(20(10-50)71-39)75-41-26(46(6)16(5)55)32(61)27(56)17(7-47)68-41/h17-41,47-50,56-62H,7-11H2,1-6H3,(H,42,51)(H,43,52)(H,44,53)(H,45,54)(H,63,64,65). The van der Waals surface area contributed by atoms with Gasteiger partial charge < -0.3 is 125 Å². The van der Waals surface area contributed by atoms with E-state index < -0.39 is 226 Å². The van der Waals surface area contributed by atoms with Crippen molar-refractivity contribution in [2.75, 3.05) is 40.1 Å². The molecular formula is C41H69N5O29S. The smallest absolute Gasteiger partial charge is 0.394 e. The van der Waals surface area contributed by atoms with Crippen molar-refractivity contribution in [2.45, 2.75) is 188 Å². The molecule has 35 heteroatoms. The summed E-state index contributed by atoms with van der Waals surface area (Å²) in [5.41, 5.74) is 0. The van der Waals surface area contributed by atoms with E-state index in [1.807, 2.05) is 0 Å². The Hall–Kier alpha value is -3.58. The van der Waals surface area contributed by atoms with Crippen molar-refractivity contribution in [3.05, 3.63) is 0 Å². The first-order valence-electron chi connectivity index (χ1n) is 23.6. The van der Waals surface area contributed by atoms with E-state index in [1.165, 1.54) is 7.05 Å². The third-order valence-electron chi connectivity index (χ3n) is 13.1.